The quantitative estimate of drug-likeness (QED) is 0.664. The van der Waals surface area contributed by atoms with Gasteiger partial charge in [-0.2, -0.15) is 17.0 Å². The summed E-state index contributed by atoms with van der Waals surface area (Å²) in [4.78, 5) is 24.8. The molecule has 0 aromatic rings. The van der Waals surface area contributed by atoms with E-state index >= 15 is 0 Å². The molecule has 1 aliphatic heterocycles. The first kappa shape index (κ1) is 21.1. The molecule has 3 amide bonds. The lowest BCUT2D eigenvalue weighted by Crippen LogP contribution is -2.54. The lowest BCUT2D eigenvalue weighted by Gasteiger charge is -2.38. The van der Waals surface area contributed by atoms with Gasteiger partial charge in [-0.05, 0) is 12.8 Å². The highest BCUT2D eigenvalue weighted by molar-refractivity contribution is 7.86. The van der Waals surface area contributed by atoms with Gasteiger partial charge in [0.2, 0.25) is 5.91 Å². The van der Waals surface area contributed by atoms with E-state index < -0.39 is 16.2 Å². The van der Waals surface area contributed by atoms with E-state index in [1.54, 1.807) is 15.7 Å². The molecule has 1 heterocycles. The van der Waals surface area contributed by atoms with Gasteiger partial charge >= 0.3 is 6.03 Å². The van der Waals surface area contributed by atoms with Crippen molar-refractivity contribution in [3.8, 4) is 0 Å². The molecule has 0 spiro atoms. The average molecular weight is 390 g/mol. The first-order valence-electron chi connectivity index (χ1n) is 9.31. The number of nitrogens with zero attached hydrogens (tertiary/aromatic N) is 3. The Morgan fingerprint density at radius 1 is 1.08 bits per heavy atom. The summed E-state index contributed by atoms with van der Waals surface area (Å²) in [7, 11) is -0.282. The standard InChI is InChI=1S/C16H31N5O4S/c1-17-16(23)18-15(22)8-9-20-10-12-21(13-11-20)26(24,25)19(2)14-6-4-3-5-7-14/h14H,3-13H2,1-2H3,(H2,17,18,22,23). The number of rotatable bonds is 6. The van der Waals surface area contributed by atoms with Gasteiger partial charge in [-0.1, -0.05) is 19.3 Å². The Balaban J connectivity index is 1.78. The number of amides is 3. The first-order valence-corrected chi connectivity index (χ1v) is 10.7. The van der Waals surface area contributed by atoms with E-state index in [-0.39, 0.29) is 18.4 Å². The Kier molecular flexibility index (Phi) is 7.81. The third-order valence-corrected chi connectivity index (χ3v) is 7.29. The zero-order valence-corrected chi connectivity index (χ0v) is 16.6. The number of urea groups is 1. The van der Waals surface area contributed by atoms with Crippen molar-refractivity contribution in [1.82, 2.24) is 24.1 Å². The summed E-state index contributed by atoms with van der Waals surface area (Å²) in [6, 6.07) is -0.406. The van der Waals surface area contributed by atoms with Crippen molar-refractivity contribution in [2.45, 2.75) is 44.6 Å². The van der Waals surface area contributed by atoms with Crippen molar-refractivity contribution in [2.75, 3.05) is 46.8 Å². The van der Waals surface area contributed by atoms with Crippen LogP contribution in [0.2, 0.25) is 0 Å². The van der Waals surface area contributed by atoms with Gasteiger partial charge in [-0.3, -0.25) is 10.1 Å². The van der Waals surface area contributed by atoms with E-state index in [1.807, 2.05) is 0 Å². The first-order chi connectivity index (χ1) is 12.3. The van der Waals surface area contributed by atoms with Crippen LogP contribution < -0.4 is 10.6 Å². The van der Waals surface area contributed by atoms with Gasteiger partial charge in [0.25, 0.3) is 10.2 Å². The second-order valence-corrected chi connectivity index (χ2v) is 8.92. The summed E-state index contributed by atoms with van der Waals surface area (Å²) in [5, 5.41) is 4.56. The number of imide groups is 1. The van der Waals surface area contributed by atoms with Crippen molar-refractivity contribution in [3.63, 3.8) is 0 Å². The zero-order chi connectivity index (χ0) is 19.2. The lowest BCUT2D eigenvalue weighted by atomic mass is 9.96. The van der Waals surface area contributed by atoms with Gasteiger partial charge < -0.3 is 10.2 Å². The van der Waals surface area contributed by atoms with Gasteiger partial charge in [-0.25, -0.2) is 4.79 Å². The fourth-order valence-corrected chi connectivity index (χ4v) is 5.09. The molecule has 1 aliphatic carbocycles. The summed E-state index contributed by atoms with van der Waals surface area (Å²) >= 11 is 0. The van der Waals surface area contributed by atoms with Crippen LogP contribution >= 0.6 is 0 Å². The monoisotopic (exact) mass is 389 g/mol. The molecule has 2 aliphatic rings. The molecule has 0 atom stereocenters. The maximum absolute atomic E-state index is 12.8. The van der Waals surface area contributed by atoms with Crippen LogP contribution in [0.1, 0.15) is 38.5 Å². The molecule has 0 bridgehead atoms. The molecule has 2 N–H and O–H groups in total. The minimum absolute atomic E-state index is 0.111. The molecule has 1 saturated carbocycles. The summed E-state index contributed by atoms with van der Waals surface area (Å²) in [6.45, 7) is 2.54. The molecule has 1 saturated heterocycles. The molecule has 0 unspecified atom stereocenters. The predicted octanol–water partition coefficient (Wildman–Crippen LogP) is -0.0410. The Labute approximate surface area is 156 Å². The molecule has 26 heavy (non-hydrogen) atoms. The maximum atomic E-state index is 12.8. The number of nitrogens with one attached hydrogen (secondary N) is 2. The van der Waals surface area contributed by atoms with Gasteiger partial charge in [-0.15, -0.1) is 0 Å². The lowest BCUT2D eigenvalue weighted by molar-refractivity contribution is -0.120. The van der Waals surface area contributed by atoms with E-state index in [0.717, 1.165) is 25.7 Å². The summed E-state index contributed by atoms with van der Waals surface area (Å²) in [5.74, 6) is -0.337. The van der Waals surface area contributed by atoms with Gasteiger partial charge in [0.1, 0.15) is 0 Å². The molecular weight excluding hydrogens is 358 g/mol. The van der Waals surface area contributed by atoms with Crippen LogP contribution in [-0.4, -0.2) is 86.7 Å². The van der Waals surface area contributed by atoms with Gasteiger partial charge in [0.05, 0.1) is 0 Å². The van der Waals surface area contributed by atoms with Gasteiger partial charge in [0.15, 0.2) is 0 Å². The zero-order valence-electron chi connectivity index (χ0n) is 15.7. The third-order valence-electron chi connectivity index (χ3n) is 5.25. The molecular formula is C16H31N5O4S. The highest BCUT2D eigenvalue weighted by atomic mass is 32.2. The van der Waals surface area contributed by atoms with Crippen molar-refractivity contribution >= 4 is 22.1 Å². The van der Waals surface area contributed by atoms with Crippen molar-refractivity contribution < 1.29 is 18.0 Å². The van der Waals surface area contributed by atoms with Crippen LogP contribution in [0, 0.1) is 0 Å². The minimum atomic E-state index is -3.43. The molecule has 2 fully saturated rings. The van der Waals surface area contributed by atoms with Crippen LogP contribution in [0.5, 0.6) is 0 Å². The molecule has 0 aromatic carbocycles. The number of hydrogen-bond acceptors (Lipinski definition) is 5. The SMILES string of the molecule is CNC(=O)NC(=O)CCN1CCN(S(=O)(=O)N(C)C2CCCCC2)CC1. The summed E-state index contributed by atoms with van der Waals surface area (Å²) in [6.07, 6.45) is 5.47. The molecule has 0 radical (unpaired) electrons. The number of piperazine rings is 1. The third kappa shape index (κ3) is 5.63. The van der Waals surface area contributed by atoms with Gasteiger partial charge in [0, 0.05) is 59.3 Å². The second kappa shape index (κ2) is 9.63. The average Bonchev–Trinajstić information content (AvgIpc) is 2.66. The normalized spacial score (nSPS) is 20.9. The van der Waals surface area contributed by atoms with Crippen LogP contribution in [0.4, 0.5) is 4.79 Å². The highest BCUT2D eigenvalue weighted by Gasteiger charge is 2.34. The van der Waals surface area contributed by atoms with E-state index in [2.05, 4.69) is 15.5 Å². The molecule has 10 heteroatoms. The van der Waals surface area contributed by atoms with Crippen molar-refractivity contribution in [3.05, 3.63) is 0 Å². The molecule has 2 rings (SSSR count). The summed E-state index contributed by atoms with van der Waals surface area (Å²) in [5.41, 5.74) is 0. The van der Waals surface area contributed by atoms with E-state index in [0.29, 0.717) is 32.7 Å². The number of carbonyl (C=O) groups is 2. The second-order valence-electron chi connectivity index (χ2n) is 6.93. The Morgan fingerprint density at radius 2 is 1.69 bits per heavy atom. The van der Waals surface area contributed by atoms with Crippen LogP contribution in [0.3, 0.4) is 0 Å². The van der Waals surface area contributed by atoms with Crippen LogP contribution in [0.25, 0.3) is 0 Å². The van der Waals surface area contributed by atoms with E-state index in [1.165, 1.54) is 13.5 Å². The van der Waals surface area contributed by atoms with E-state index in [9.17, 15) is 18.0 Å². The fourth-order valence-electron chi connectivity index (χ4n) is 3.51. The minimum Gasteiger partial charge on any atom is -0.341 e. The predicted molar refractivity (Wildman–Crippen MR) is 98.8 cm³/mol. The fraction of sp³-hybridized carbons (Fsp3) is 0.875. The Hall–Kier alpha value is -1.23. The molecule has 9 nitrogen and oxygen atoms in total. The Bertz CT molecular complexity index is 583. The smallest absolute Gasteiger partial charge is 0.321 e. The number of carbonyl (C=O) groups excluding carboxylic acids is 2. The van der Waals surface area contributed by atoms with Crippen molar-refractivity contribution in [2.24, 2.45) is 0 Å². The largest absolute Gasteiger partial charge is 0.341 e. The Morgan fingerprint density at radius 3 is 2.27 bits per heavy atom. The van der Waals surface area contributed by atoms with E-state index in [4.69, 9.17) is 0 Å². The maximum Gasteiger partial charge on any atom is 0.321 e. The molecule has 150 valence electrons. The summed E-state index contributed by atoms with van der Waals surface area (Å²) < 4.78 is 28.8. The topological polar surface area (TPSA) is 102 Å². The van der Waals surface area contributed by atoms with Crippen LogP contribution in [-0.2, 0) is 15.0 Å². The molecule has 0 aromatic heterocycles. The van der Waals surface area contributed by atoms with Crippen LogP contribution in [0.15, 0.2) is 0 Å². The highest BCUT2D eigenvalue weighted by Crippen LogP contribution is 2.25. The number of hydrogen-bond donors (Lipinski definition) is 2. The van der Waals surface area contributed by atoms with Crippen molar-refractivity contribution in [1.29, 1.82) is 0 Å².